The number of nitrogens with two attached hydrogens (primary N) is 1. The highest BCUT2D eigenvalue weighted by atomic mass is 35.5. The molecular formula is C12H18ClFN2O2S. The quantitative estimate of drug-likeness (QED) is 0.920. The van der Waals surface area contributed by atoms with Gasteiger partial charge in [-0.3, -0.25) is 0 Å². The molecule has 0 aromatic heterocycles. The smallest absolute Gasteiger partial charge is 0.218 e. The molecule has 0 radical (unpaired) electrons. The molecule has 0 unspecified atom stereocenters. The maximum absolute atomic E-state index is 12.7. The minimum absolute atomic E-state index is 0. The van der Waals surface area contributed by atoms with Crippen LogP contribution in [0.3, 0.4) is 0 Å². The van der Waals surface area contributed by atoms with Crippen molar-refractivity contribution in [2.45, 2.75) is 24.6 Å². The number of benzene rings is 1. The molecule has 1 atom stereocenters. The average molecular weight is 309 g/mol. The summed E-state index contributed by atoms with van der Waals surface area (Å²) in [6.07, 6.45) is 1.66. The second-order valence-corrected chi connectivity index (χ2v) is 6.61. The van der Waals surface area contributed by atoms with Gasteiger partial charge in [0.1, 0.15) is 5.82 Å². The van der Waals surface area contributed by atoms with Gasteiger partial charge in [0, 0.05) is 19.1 Å². The number of rotatable bonds is 3. The number of sulfonamides is 1. The van der Waals surface area contributed by atoms with Crippen molar-refractivity contribution < 1.29 is 12.8 Å². The Labute approximate surface area is 119 Å². The number of hydrogen-bond acceptors (Lipinski definition) is 3. The molecule has 4 nitrogen and oxygen atoms in total. The van der Waals surface area contributed by atoms with Gasteiger partial charge in [-0.25, -0.2) is 17.1 Å². The first kappa shape index (κ1) is 16.4. The Morgan fingerprint density at radius 3 is 2.53 bits per heavy atom. The molecule has 0 saturated carbocycles. The number of nitrogens with zero attached hydrogens (tertiary/aromatic N) is 1. The first-order valence-electron chi connectivity index (χ1n) is 5.95. The topological polar surface area (TPSA) is 63.4 Å². The van der Waals surface area contributed by atoms with Gasteiger partial charge in [0.05, 0.1) is 5.75 Å². The van der Waals surface area contributed by atoms with Crippen LogP contribution < -0.4 is 5.73 Å². The van der Waals surface area contributed by atoms with E-state index in [9.17, 15) is 12.8 Å². The third-order valence-electron chi connectivity index (χ3n) is 3.08. The van der Waals surface area contributed by atoms with Crippen LogP contribution in [0.1, 0.15) is 18.4 Å². The van der Waals surface area contributed by atoms with E-state index in [0.29, 0.717) is 18.7 Å². The molecule has 1 saturated heterocycles. The van der Waals surface area contributed by atoms with Gasteiger partial charge in [-0.1, -0.05) is 12.1 Å². The number of piperidine rings is 1. The lowest BCUT2D eigenvalue weighted by molar-refractivity contribution is 0.316. The summed E-state index contributed by atoms with van der Waals surface area (Å²) in [5.41, 5.74) is 6.37. The Morgan fingerprint density at radius 2 is 1.95 bits per heavy atom. The zero-order valence-electron chi connectivity index (χ0n) is 10.5. The molecule has 0 amide bonds. The standard InChI is InChI=1S/C12H17FN2O2S.ClH/c13-11-5-3-10(4-6-11)9-18(16,17)15-7-1-2-12(14)8-15;/h3-6,12H,1-2,7-9,14H2;1H/t12-;/m1./s1. The molecule has 0 spiro atoms. The zero-order chi connectivity index (χ0) is 13.2. The van der Waals surface area contributed by atoms with E-state index in [1.165, 1.54) is 28.6 Å². The highest BCUT2D eigenvalue weighted by Crippen LogP contribution is 2.17. The molecule has 2 N–H and O–H groups in total. The fourth-order valence-electron chi connectivity index (χ4n) is 2.11. The zero-order valence-corrected chi connectivity index (χ0v) is 12.1. The number of halogens is 2. The molecule has 1 heterocycles. The third kappa shape index (κ3) is 4.42. The van der Waals surface area contributed by atoms with Gasteiger partial charge in [-0.05, 0) is 30.5 Å². The second kappa shape index (κ2) is 6.65. The normalized spacial score (nSPS) is 20.8. The summed E-state index contributed by atoms with van der Waals surface area (Å²) in [4.78, 5) is 0. The fraction of sp³-hybridized carbons (Fsp3) is 0.500. The molecular weight excluding hydrogens is 291 g/mol. The minimum atomic E-state index is -3.35. The van der Waals surface area contributed by atoms with Crippen LogP contribution in [-0.4, -0.2) is 31.9 Å². The summed E-state index contributed by atoms with van der Waals surface area (Å²) >= 11 is 0. The molecule has 7 heteroatoms. The van der Waals surface area contributed by atoms with E-state index < -0.39 is 10.0 Å². The fourth-order valence-corrected chi connectivity index (χ4v) is 3.73. The van der Waals surface area contributed by atoms with Crippen molar-refractivity contribution in [3.8, 4) is 0 Å². The van der Waals surface area contributed by atoms with Crippen LogP contribution in [0, 0.1) is 5.82 Å². The molecule has 1 aromatic carbocycles. The van der Waals surface area contributed by atoms with Crippen LogP contribution in [0.15, 0.2) is 24.3 Å². The SMILES string of the molecule is Cl.N[C@@H]1CCCN(S(=O)(=O)Cc2ccc(F)cc2)C1. The van der Waals surface area contributed by atoms with E-state index in [1.54, 1.807) is 0 Å². The predicted molar refractivity (Wildman–Crippen MR) is 75.1 cm³/mol. The van der Waals surface area contributed by atoms with Crippen LogP contribution in [0.5, 0.6) is 0 Å². The predicted octanol–water partition coefficient (Wildman–Crippen LogP) is 1.50. The second-order valence-electron chi connectivity index (χ2n) is 4.64. The molecule has 0 bridgehead atoms. The Morgan fingerprint density at radius 1 is 1.32 bits per heavy atom. The van der Waals surface area contributed by atoms with Crippen molar-refractivity contribution in [1.29, 1.82) is 0 Å². The van der Waals surface area contributed by atoms with Crippen LogP contribution >= 0.6 is 12.4 Å². The van der Waals surface area contributed by atoms with E-state index in [0.717, 1.165) is 12.8 Å². The Bertz CT molecular complexity index is 507. The molecule has 1 fully saturated rings. The van der Waals surface area contributed by atoms with Gasteiger partial charge in [-0.15, -0.1) is 12.4 Å². The lowest BCUT2D eigenvalue weighted by atomic mass is 10.1. The van der Waals surface area contributed by atoms with E-state index in [-0.39, 0.29) is 30.0 Å². The average Bonchev–Trinajstić information content (AvgIpc) is 2.32. The number of hydrogen-bond donors (Lipinski definition) is 1. The first-order chi connectivity index (χ1) is 8.47. The van der Waals surface area contributed by atoms with Gasteiger partial charge in [0.2, 0.25) is 10.0 Å². The maximum atomic E-state index is 12.7. The van der Waals surface area contributed by atoms with Crippen LogP contribution in [0.4, 0.5) is 4.39 Å². The Hall–Kier alpha value is -0.690. The van der Waals surface area contributed by atoms with Gasteiger partial charge in [0.15, 0.2) is 0 Å². The largest absolute Gasteiger partial charge is 0.327 e. The lowest BCUT2D eigenvalue weighted by Gasteiger charge is -2.29. The Kier molecular flexibility index (Phi) is 5.73. The summed E-state index contributed by atoms with van der Waals surface area (Å²) in [5.74, 6) is -0.462. The minimum Gasteiger partial charge on any atom is -0.327 e. The third-order valence-corrected chi connectivity index (χ3v) is 4.89. The highest BCUT2D eigenvalue weighted by molar-refractivity contribution is 7.88. The van der Waals surface area contributed by atoms with Crippen LogP contribution in [0.25, 0.3) is 0 Å². The Balaban J connectivity index is 0.00000180. The summed E-state index contributed by atoms with van der Waals surface area (Å²) in [5, 5.41) is 0. The molecule has 108 valence electrons. The van der Waals surface area contributed by atoms with Gasteiger partial charge >= 0.3 is 0 Å². The van der Waals surface area contributed by atoms with Crippen molar-refractivity contribution >= 4 is 22.4 Å². The summed E-state index contributed by atoms with van der Waals surface area (Å²) < 4.78 is 38.5. The van der Waals surface area contributed by atoms with Gasteiger partial charge in [0.25, 0.3) is 0 Å². The lowest BCUT2D eigenvalue weighted by Crippen LogP contribution is -2.46. The van der Waals surface area contributed by atoms with Crippen LogP contribution in [0.2, 0.25) is 0 Å². The first-order valence-corrected chi connectivity index (χ1v) is 7.56. The van der Waals surface area contributed by atoms with E-state index in [4.69, 9.17) is 5.73 Å². The van der Waals surface area contributed by atoms with Crippen molar-refractivity contribution in [1.82, 2.24) is 4.31 Å². The molecule has 0 aliphatic carbocycles. The van der Waals surface area contributed by atoms with Gasteiger partial charge in [-0.2, -0.15) is 0 Å². The summed E-state index contributed by atoms with van der Waals surface area (Å²) in [7, 11) is -3.35. The summed E-state index contributed by atoms with van der Waals surface area (Å²) in [6.45, 7) is 0.904. The van der Waals surface area contributed by atoms with Crippen molar-refractivity contribution in [2.24, 2.45) is 5.73 Å². The van der Waals surface area contributed by atoms with E-state index in [2.05, 4.69) is 0 Å². The molecule has 1 aliphatic rings. The van der Waals surface area contributed by atoms with Crippen molar-refractivity contribution in [3.63, 3.8) is 0 Å². The van der Waals surface area contributed by atoms with Gasteiger partial charge < -0.3 is 5.73 Å². The van der Waals surface area contributed by atoms with E-state index in [1.807, 2.05) is 0 Å². The van der Waals surface area contributed by atoms with Crippen molar-refractivity contribution in [3.05, 3.63) is 35.6 Å². The maximum Gasteiger partial charge on any atom is 0.218 e. The van der Waals surface area contributed by atoms with Crippen LogP contribution in [-0.2, 0) is 15.8 Å². The van der Waals surface area contributed by atoms with Crippen molar-refractivity contribution in [2.75, 3.05) is 13.1 Å². The molecule has 1 aromatic rings. The highest BCUT2D eigenvalue weighted by Gasteiger charge is 2.27. The molecule has 19 heavy (non-hydrogen) atoms. The van der Waals surface area contributed by atoms with E-state index >= 15 is 0 Å². The monoisotopic (exact) mass is 308 g/mol. The molecule has 1 aliphatic heterocycles. The molecule has 2 rings (SSSR count). The summed E-state index contributed by atoms with van der Waals surface area (Å²) in [6, 6.07) is 5.45.